The summed E-state index contributed by atoms with van der Waals surface area (Å²) in [6, 6.07) is 16.7. The van der Waals surface area contributed by atoms with E-state index in [1.807, 2.05) is 57.2 Å². The molecule has 0 saturated carbocycles. The molecule has 0 radical (unpaired) electrons. The van der Waals surface area contributed by atoms with Gasteiger partial charge in [0, 0.05) is 11.5 Å². The van der Waals surface area contributed by atoms with Gasteiger partial charge in [-0.25, -0.2) is 4.79 Å². The molecule has 0 aliphatic rings. The Morgan fingerprint density at radius 2 is 1.76 bits per heavy atom. The third-order valence-corrected chi connectivity index (χ3v) is 4.10. The summed E-state index contributed by atoms with van der Waals surface area (Å²) in [5.74, 6) is -0.334. The van der Waals surface area contributed by atoms with E-state index in [2.05, 4.69) is 0 Å². The number of carbonyl (C=O) groups is 1. The first-order valence-electron chi connectivity index (χ1n) is 8.35. The van der Waals surface area contributed by atoms with E-state index >= 15 is 0 Å². The zero-order valence-corrected chi connectivity index (χ0v) is 14.7. The first-order valence-corrected chi connectivity index (χ1v) is 8.35. The number of ether oxygens (including phenoxy) is 1. The van der Waals surface area contributed by atoms with Crippen LogP contribution in [-0.2, 0) is 11.3 Å². The van der Waals surface area contributed by atoms with Gasteiger partial charge in [0.1, 0.15) is 0 Å². The molecular weight excluding hydrogens is 314 g/mol. The monoisotopic (exact) mass is 335 g/mol. The molecule has 1 aromatic heterocycles. The second-order valence-electron chi connectivity index (χ2n) is 6.42. The maximum absolute atomic E-state index is 12.4. The number of fused-ring (bicyclic) bond motifs is 1. The summed E-state index contributed by atoms with van der Waals surface area (Å²) in [5.41, 5.74) is 3.33. The van der Waals surface area contributed by atoms with E-state index < -0.39 is 0 Å². The van der Waals surface area contributed by atoms with Gasteiger partial charge in [-0.3, -0.25) is 4.79 Å². The van der Waals surface area contributed by atoms with Crippen molar-refractivity contribution in [3.05, 3.63) is 81.6 Å². The normalized spacial score (nSPS) is 11.0. The number of hydrogen-bond donors (Lipinski definition) is 0. The van der Waals surface area contributed by atoms with Crippen LogP contribution in [0.25, 0.3) is 10.9 Å². The van der Waals surface area contributed by atoms with Gasteiger partial charge in [0.05, 0.1) is 23.7 Å². The minimum atomic E-state index is -0.334. The predicted octanol–water partition coefficient (Wildman–Crippen LogP) is 3.92. The summed E-state index contributed by atoms with van der Waals surface area (Å²) in [6.07, 6.45) is -0.148. The average Bonchev–Trinajstić information content (AvgIpc) is 2.58. The number of esters is 1. The molecule has 0 spiro atoms. The van der Waals surface area contributed by atoms with Gasteiger partial charge in [-0.05, 0) is 50.1 Å². The van der Waals surface area contributed by atoms with E-state index in [9.17, 15) is 9.59 Å². The van der Waals surface area contributed by atoms with Crippen LogP contribution in [0.1, 0.15) is 35.3 Å². The standard InChI is InChI=1S/C21H21NO3/c1-14(2)25-21(24)17-10-8-16(9-11-17)13-22-19-7-5-4-6-18(19)15(3)12-20(22)23/h4-12,14H,13H2,1-3H3. The molecule has 3 rings (SSSR count). The number of benzene rings is 2. The zero-order chi connectivity index (χ0) is 18.0. The summed E-state index contributed by atoms with van der Waals surface area (Å²) < 4.78 is 6.94. The van der Waals surface area contributed by atoms with Gasteiger partial charge < -0.3 is 9.30 Å². The summed E-state index contributed by atoms with van der Waals surface area (Å²) in [6.45, 7) is 6.05. The van der Waals surface area contributed by atoms with Crippen LogP contribution in [0.3, 0.4) is 0 Å². The number of hydrogen-bond acceptors (Lipinski definition) is 3. The minimum absolute atomic E-state index is 0.0282. The lowest BCUT2D eigenvalue weighted by Crippen LogP contribution is -2.21. The van der Waals surface area contributed by atoms with Crippen LogP contribution in [0.2, 0.25) is 0 Å². The zero-order valence-electron chi connectivity index (χ0n) is 14.7. The fraction of sp³-hybridized carbons (Fsp3) is 0.238. The molecule has 0 aliphatic carbocycles. The molecule has 0 amide bonds. The van der Waals surface area contributed by atoms with Crippen LogP contribution >= 0.6 is 0 Å². The van der Waals surface area contributed by atoms with E-state index in [-0.39, 0.29) is 17.6 Å². The number of pyridine rings is 1. The molecule has 0 N–H and O–H groups in total. The largest absolute Gasteiger partial charge is 0.459 e. The Balaban J connectivity index is 1.92. The second-order valence-corrected chi connectivity index (χ2v) is 6.42. The van der Waals surface area contributed by atoms with E-state index in [1.165, 1.54) is 0 Å². The molecule has 4 heteroatoms. The quantitative estimate of drug-likeness (QED) is 0.679. The molecule has 128 valence electrons. The summed E-state index contributed by atoms with van der Waals surface area (Å²) >= 11 is 0. The lowest BCUT2D eigenvalue weighted by molar-refractivity contribution is 0.0378. The van der Waals surface area contributed by atoms with Crippen molar-refractivity contribution >= 4 is 16.9 Å². The minimum Gasteiger partial charge on any atom is -0.459 e. The molecule has 4 nitrogen and oxygen atoms in total. The van der Waals surface area contributed by atoms with Crippen molar-refractivity contribution in [1.29, 1.82) is 0 Å². The van der Waals surface area contributed by atoms with Crippen LogP contribution in [0.5, 0.6) is 0 Å². The van der Waals surface area contributed by atoms with Crippen LogP contribution in [0.4, 0.5) is 0 Å². The number of aromatic nitrogens is 1. The van der Waals surface area contributed by atoms with Crippen LogP contribution in [0, 0.1) is 6.92 Å². The maximum atomic E-state index is 12.4. The number of rotatable bonds is 4. The van der Waals surface area contributed by atoms with Gasteiger partial charge >= 0.3 is 5.97 Å². The lowest BCUT2D eigenvalue weighted by Gasteiger charge is -2.12. The van der Waals surface area contributed by atoms with Crippen LogP contribution < -0.4 is 5.56 Å². The van der Waals surface area contributed by atoms with Crippen molar-refractivity contribution < 1.29 is 9.53 Å². The fourth-order valence-corrected chi connectivity index (χ4v) is 2.88. The third kappa shape index (κ3) is 3.63. The topological polar surface area (TPSA) is 48.3 Å². The Morgan fingerprint density at radius 3 is 2.44 bits per heavy atom. The predicted molar refractivity (Wildman–Crippen MR) is 99.0 cm³/mol. The highest BCUT2D eigenvalue weighted by Gasteiger charge is 2.10. The highest BCUT2D eigenvalue weighted by atomic mass is 16.5. The van der Waals surface area contributed by atoms with Gasteiger partial charge in [-0.2, -0.15) is 0 Å². The van der Waals surface area contributed by atoms with Gasteiger partial charge in [0.25, 0.3) is 5.56 Å². The molecule has 1 heterocycles. The van der Waals surface area contributed by atoms with Crippen LogP contribution in [0.15, 0.2) is 59.4 Å². The molecule has 0 fully saturated rings. The summed E-state index contributed by atoms with van der Waals surface area (Å²) in [7, 11) is 0. The van der Waals surface area contributed by atoms with Crippen molar-refractivity contribution in [2.45, 2.75) is 33.4 Å². The number of nitrogens with zero attached hydrogens (tertiary/aromatic N) is 1. The first-order chi connectivity index (χ1) is 12.0. The van der Waals surface area contributed by atoms with Gasteiger partial charge in [0.2, 0.25) is 0 Å². The second kappa shape index (κ2) is 6.93. The molecule has 0 aliphatic heterocycles. The number of aryl methyl sites for hydroxylation is 1. The van der Waals surface area contributed by atoms with Gasteiger partial charge in [-0.15, -0.1) is 0 Å². The van der Waals surface area contributed by atoms with E-state index in [1.54, 1.807) is 22.8 Å². The molecular formula is C21H21NO3. The first kappa shape index (κ1) is 17.0. The van der Waals surface area contributed by atoms with Crippen molar-refractivity contribution in [2.75, 3.05) is 0 Å². The van der Waals surface area contributed by atoms with Gasteiger partial charge in [-0.1, -0.05) is 30.3 Å². The highest BCUT2D eigenvalue weighted by molar-refractivity contribution is 5.89. The maximum Gasteiger partial charge on any atom is 0.338 e. The smallest absolute Gasteiger partial charge is 0.338 e. The molecule has 2 aromatic carbocycles. The summed E-state index contributed by atoms with van der Waals surface area (Å²) in [5, 5.41) is 1.07. The fourth-order valence-electron chi connectivity index (χ4n) is 2.88. The Morgan fingerprint density at radius 1 is 1.08 bits per heavy atom. The van der Waals surface area contributed by atoms with Crippen molar-refractivity contribution in [1.82, 2.24) is 4.57 Å². The Labute approximate surface area is 146 Å². The summed E-state index contributed by atoms with van der Waals surface area (Å²) in [4.78, 5) is 24.4. The van der Waals surface area contributed by atoms with Crippen LogP contribution in [-0.4, -0.2) is 16.6 Å². The van der Waals surface area contributed by atoms with Gasteiger partial charge in [0.15, 0.2) is 0 Å². The van der Waals surface area contributed by atoms with E-state index in [4.69, 9.17) is 4.74 Å². The van der Waals surface area contributed by atoms with E-state index in [0.717, 1.165) is 22.0 Å². The Kier molecular flexibility index (Phi) is 4.70. The number of carbonyl (C=O) groups excluding carboxylic acids is 1. The highest BCUT2D eigenvalue weighted by Crippen LogP contribution is 2.17. The lowest BCUT2D eigenvalue weighted by atomic mass is 10.1. The van der Waals surface area contributed by atoms with Crippen molar-refractivity contribution in [3.63, 3.8) is 0 Å². The molecule has 0 atom stereocenters. The number of para-hydroxylation sites is 1. The molecule has 0 unspecified atom stereocenters. The van der Waals surface area contributed by atoms with Crippen molar-refractivity contribution in [2.24, 2.45) is 0 Å². The average molecular weight is 335 g/mol. The molecule has 0 saturated heterocycles. The van der Waals surface area contributed by atoms with Crippen molar-refractivity contribution in [3.8, 4) is 0 Å². The third-order valence-electron chi connectivity index (χ3n) is 4.10. The Bertz CT molecular complexity index is 969. The SMILES string of the molecule is Cc1cc(=O)n(Cc2ccc(C(=O)OC(C)C)cc2)c2ccccc12. The molecule has 0 bridgehead atoms. The Hall–Kier alpha value is -2.88. The molecule has 3 aromatic rings. The molecule has 25 heavy (non-hydrogen) atoms. The van der Waals surface area contributed by atoms with E-state index in [0.29, 0.717) is 12.1 Å².